The summed E-state index contributed by atoms with van der Waals surface area (Å²) < 4.78 is 0. The van der Waals surface area contributed by atoms with Gasteiger partial charge in [0.05, 0.1) is 17.9 Å². The van der Waals surface area contributed by atoms with Crippen molar-refractivity contribution in [2.24, 2.45) is 4.99 Å². The number of fused-ring (bicyclic) bond motifs is 7. The zero-order valence-electron chi connectivity index (χ0n) is 24.8. The van der Waals surface area contributed by atoms with Gasteiger partial charge in [0.2, 0.25) is 5.91 Å². The molecule has 44 heavy (non-hydrogen) atoms. The van der Waals surface area contributed by atoms with E-state index < -0.39 is 0 Å². The first-order valence-corrected chi connectivity index (χ1v) is 15.2. The molecule has 0 aromatic heterocycles. The van der Waals surface area contributed by atoms with Crippen LogP contribution in [0.2, 0.25) is 5.02 Å². The van der Waals surface area contributed by atoms with Gasteiger partial charge >= 0.3 is 0 Å². The van der Waals surface area contributed by atoms with Gasteiger partial charge < -0.3 is 4.90 Å². The fraction of sp³-hybridized carbons (Fsp3) is 0.128. The number of carbonyl (C=O) groups is 1. The summed E-state index contributed by atoms with van der Waals surface area (Å²) in [6.45, 7) is 1.60. The van der Waals surface area contributed by atoms with Gasteiger partial charge in [0.15, 0.2) is 0 Å². The third-order valence-corrected chi connectivity index (χ3v) is 8.88. The largest absolute Gasteiger partial charge is 0.314 e. The molecule has 0 spiro atoms. The summed E-state index contributed by atoms with van der Waals surface area (Å²) in [5.41, 5.74) is 8.35. The topological polar surface area (TPSA) is 35.9 Å². The first kappa shape index (κ1) is 28.0. The van der Waals surface area contributed by atoms with Crippen LogP contribution in [0.5, 0.6) is 0 Å². The Bertz CT molecular complexity index is 1980. The second-order valence-electron chi connectivity index (χ2n) is 11.3. The average molecular weight is 594 g/mol. The molecule has 0 fully saturated rings. The molecule has 6 aromatic rings. The molecule has 0 atom stereocenters. The summed E-state index contributed by atoms with van der Waals surface area (Å²) in [7, 11) is 3.61. The van der Waals surface area contributed by atoms with E-state index >= 15 is 0 Å². The van der Waals surface area contributed by atoms with Gasteiger partial charge in [0, 0.05) is 43.3 Å². The van der Waals surface area contributed by atoms with Crippen LogP contribution in [0.15, 0.2) is 126 Å². The first-order chi connectivity index (χ1) is 21.5. The number of hydrogen-bond acceptors (Lipinski definition) is 3. The van der Waals surface area contributed by atoms with Gasteiger partial charge in [0.25, 0.3) is 0 Å². The van der Waals surface area contributed by atoms with Crippen molar-refractivity contribution in [1.82, 2.24) is 4.90 Å². The van der Waals surface area contributed by atoms with E-state index in [2.05, 4.69) is 82.7 Å². The number of rotatable bonds is 5. The van der Waals surface area contributed by atoms with Gasteiger partial charge in [-0.15, -0.1) is 0 Å². The lowest BCUT2D eigenvalue weighted by molar-refractivity contribution is -0.119. The van der Waals surface area contributed by atoms with Crippen molar-refractivity contribution in [2.75, 3.05) is 25.5 Å². The molecule has 0 radical (unpaired) electrons. The summed E-state index contributed by atoms with van der Waals surface area (Å²) in [6.07, 6.45) is 0. The number of aliphatic imine (C=N–C) groups is 1. The van der Waals surface area contributed by atoms with E-state index in [4.69, 9.17) is 11.6 Å². The third-order valence-electron chi connectivity index (χ3n) is 8.65. The van der Waals surface area contributed by atoms with Crippen LogP contribution in [-0.4, -0.2) is 37.2 Å². The molecule has 0 bridgehead atoms. The lowest BCUT2D eigenvalue weighted by Gasteiger charge is -2.26. The molecule has 0 N–H and O–H groups in total. The van der Waals surface area contributed by atoms with E-state index in [0.29, 0.717) is 18.1 Å². The predicted molar refractivity (Wildman–Crippen MR) is 184 cm³/mol. The molecule has 0 unspecified atom stereocenters. The van der Waals surface area contributed by atoms with Crippen molar-refractivity contribution in [3.8, 4) is 11.1 Å². The maximum Gasteiger partial charge on any atom is 0.240 e. The quantitative estimate of drug-likeness (QED) is 0.187. The van der Waals surface area contributed by atoms with Gasteiger partial charge in [0.1, 0.15) is 0 Å². The highest BCUT2D eigenvalue weighted by Crippen LogP contribution is 2.42. The summed E-state index contributed by atoms with van der Waals surface area (Å²) >= 11 is 6.48. The van der Waals surface area contributed by atoms with E-state index in [0.717, 1.165) is 22.5 Å². The minimum atomic E-state index is 0.00339. The zero-order chi connectivity index (χ0) is 30.2. The number of nitrogens with zero attached hydrogens (tertiary/aromatic N) is 3. The standard InChI is InChI=1S/C39H32ClN3O/c1-41-39(28-12-4-3-5-13-28)34-22-31(40)20-21-35(34)42(2)36(44)25-43-23-29-18-16-26-10-6-8-14-32(26)37(29)38-30(24-43)19-17-27-11-7-9-15-33(27)38/h3-22H,23-25H2,1-2H3/b41-39-. The summed E-state index contributed by atoms with van der Waals surface area (Å²) in [5.74, 6) is 0.00339. The lowest BCUT2D eigenvalue weighted by Crippen LogP contribution is -2.38. The van der Waals surface area contributed by atoms with Gasteiger partial charge in [-0.1, -0.05) is 115 Å². The van der Waals surface area contributed by atoms with Crippen LogP contribution in [0.4, 0.5) is 5.69 Å². The van der Waals surface area contributed by atoms with Crippen molar-refractivity contribution in [1.29, 1.82) is 0 Å². The fourth-order valence-electron chi connectivity index (χ4n) is 6.56. The van der Waals surface area contributed by atoms with E-state index in [1.165, 1.54) is 43.8 Å². The number of halogens is 1. The molecule has 0 aliphatic carbocycles. The van der Waals surface area contributed by atoms with Crippen LogP contribution >= 0.6 is 11.6 Å². The number of carbonyl (C=O) groups excluding carboxylic acids is 1. The number of benzene rings is 6. The molecule has 216 valence electrons. The normalized spacial score (nSPS) is 13.4. The smallest absolute Gasteiger partial charge is 0.240 e. The first-order valence-electron chi connectivity index (χ1n) is 14.8. The summed E-state index contributed by atoms with van der Waals surface area (Å²) in [4.78, 5) is 22.7. The molecule has 1 aliphatic heterocycles. The summed E-state index contributed by atoms with van der Waals surface area (Å²) in [5, 5.41) is 5.52. The predicted octanol–water partition coefficient (Wildman–Crippen LogP) is 8.76. The highest BCUT2D eigenvalue weighted by Gasteiger charge is 2.26. The van der Waals surface area contributed by atoms with Crippen LogP contribution in [0.25, 0.3) is 32.7 Å². The van der Waals surface area contributed by atoms with Crippen LogP contribution in [0.1, 0.15) is 22.3 Å². The lowest BCUT2D eigenvalue weighted by atomic mass is 9.88. The van der Waals surface area contributed by atoms with Crippen molar-refractivity contribution in [3.63, 3.8) is 0 Å². The molecule has 0 saturated carbocycles. The average Bonchev–Trinajstić information content (AvgIpc) is 3.22. The van der Waals surface area contributed by atoms with Crippen molar-refractivity contribution < 1.29 is 4.79 Å². The molecular formula is C39H32ClN3O. The van der Waals surface area contributed by atoms with E-state index in [1.54, 1.807) is 11.9 Å². The van der Waals surface area contributed by atoms with Crippen LogP contribution in [-0.2, 0) is 17.9 Å². The Morgan fingerprint density at radius 2 is 1.32 bits per heavy atom. The second kappa shape index (κ2) is 11.7. The Kier molecular flexibility index (Phi) is 7.47. The maximum atomic E-state index is 14.1. The number of amides is 1. The number of hydrogen-bond donors (Lipinski definition) is 0. The molecule has 1 amide bonds. The Morgan fingerprint density at radius 1 is 0.750 bits per heavy atom. The van der Waals surface area contributed by atoms with Crippen LogP contribution in [0, 0.1) is 0 Å². The molecule has 6 aromatic carbocycles. The number of anilines is 1. The molecule has 4 nitrogen and oxygen atoms in total. The van der Waals surface area contributed by atoms with E-state index in [1.807, 2.05) is 55.6 Å². The molecular weight excluding hydrogens is 562 g/mol. The van der Waals surface area contributed by atoms with E-state index in [-0.39, 0.29) is 12.5 Å². The molecule has 7 rings (SSSR count). The maximum absolute atomic E-state index is 14.1. The van der Waals surface area contributed by atoms with Crippen LogP contribution in [0.3, 0.4) is 0 Å². The highest BCUT2D eigenvalue weighted by molar-refractivity contribution is 6.31. The Hall–Kier alpha value is -4.77. The van der Waals surface area contributed by atoms with Crippen molar-refractivity contribution in [2.45, 2.75) is 13.1 Å². The SMILES string of the molecule is C/N=C(/c1ccccc1)c1cc(Cl)ccc1N(C)C(=O)CN1Cc2ccc3ccccc3c2-c2c(ccc3ccccc23)C1. The van der Waals surface area contributed by atoms with Gasteiger partial charge in [-0.05, 0) is 62.0 Å². The Morgan fingerprint density at radius 3 is 1.91 bits per heavy atom. The van der Waals surface area contributed by atoms with E-state index in [9.17, 15) is 4.79 Å². The second-order valence-corrected chi connectivity index (χ2v) is 11.8. The number of likely N-dealkylation sites (N-methyl/N-ethyl adjacent to an activating group) is 1. The van der Waals surface area contributed by atoms with Gasteiger partial charge in [-0.3, -0.25) is 14.7 Å². The molecule has 1 heterocycles. The zero-order valence-corrected chi connectivity index (χ0v) is 25.6. The summed E-state index contributed by atoms with van der Waals surface area (Å²) in [6, 6.07) is 41.7. The van der Waals surface area contributed by atoms with Crippen molar-refractivity contribution >= 4 is 50.5 Å². The fourth-order valence-corrected chi connectivity index (χ4v) is 6.73. The van der Waals surface area contributed by atoms with Gasteiger partial charge in [-0.2, -0.15) is 0 Å². The highest BCUT2D eigenvalue weighted by atomic mass is 35.5. The van der Waals surface area contributed by atoms with Crippen LogP contribution < -0.4 is 4.90 Å². The Balaban J connectivity index is 1.27. The van der Waals surface area contributed by atoms with Gasteiger partial charge in [-0.25, -0.2) is 0 Å². The molecule has 0 saturated heterocycles. The minimum Gasteiger partial charge on any atom is -0.314 e. The monoisotopic (exact) mass is 593 g/mol. The molecule has 1 aliphatic rings. The molecule has 5 heteroatoms. The van der Waals surface area contributed by atoms with Crippen molar-refractivity contribution in [3.05, 3.63) is 149 Å². The minimum absolute atomic E-state index is 0.00339. The third kappa shape index (κ3) is 5.06. The Labute approximate surface area is 262 Å².